The van der Waals surface area contributed by atoms with Crippen molar-refractivity contribution in [3.05, 3.63) is 69.0 Å². The van der Waals surface area contributed by atoms with Crippen molar-refractivity contribution >= 4 is 58.0 Å². The molecule has 0 radical (unpaired) electrons. The standard InChI is InChI=1S/C25H25Cl2N3O2S2/c1-16(31)18-3-2-4-19(12-18)23-14-33-25(29-23)34-15-24(32)28-20-7-9-30(10-8-20)13-17-5-6-21(26)22(27)11-17/h2-6,11-12,14,20H,7-10,13,15H2,1H3,(H,28,32). The first-order valence-corrected chi connectivity index (χ1v) is 13.6. The van der Waals surface area contributed by atoms with Crippen molar-refractivity contribution in [1.29, 1.82) is 0 Å². The van der Waals surface area contributed by atoms with E-state index in [0.717, 1.165) is 53.6 Å². The molecule has 0 atom stereocenters. The molecule has 0 unspecified atom stereocenters. The Morgan fingerprint density at radius 1 is 1.15 bits per heavy atom. The highest BCUT2D eigenvalue weighted by Gasteiger charge is 2.21. The largest absolute Gasteiger partial charge is 0.353 e. The molecule has 34 heavy (non-hydrogen) atoms. The van der Waals surface area contributed by atoms with Crippen molar-refractivity contribution in [3.8, 4) is 11.3 Å². The number of ketones is 1. The van der Waals surface area contributed by atoms with E-state index in [0.29, 0.717) is 21.4 Å². The number of piperidine rings is 1. The van der Waals surface area contributed by atoms with Crippen LogP contribution in [0.5, 0.6) is 0 Å². The summed E-state index contributed by atoms with van der Waals surface area (Å²) in [5, 5.41) is 6.27. The number of Topliss-reactive ketones (excluding diaryl/α,β-unsaturated/α-hetero) is 1. The van der Waals surface area contributed by atoms with Crippen LogP contribution in [0.4, 0.5) is 0 Å². The molecule has 2 aromatic carbocycles. The van der Waals surface area contributed by atoms with Crippen LogP contribution in [0.15, 0.2) is 52.2 Å². The number of amides is 1. The summed E-state index contributed by atoms with van der Waals surface area (Å²) in [5.41, 5.74) is 3.55. The molecule has 178 valence electrons. The molecule has 1 N–H and O–H groups in total. The number of rotatable bonds is 8. The topological polar surface area (TPSA) is 62.3 Å². The zero-order valence-electron chi connectivity index (χ0n) is 18.7. The second-order valence-corrected chi connectivity index (χ2v) is 11.2. The lowest BCUT2D eigenvalue weighted by molar-refractivity contribution is -0.119. The van der Waals surface area contributed by atoms with Crippen LogP contribution in [0.2, 0.25) is 10.0 Å². The van der Waals surface area contributed by atoms with Crippen LogP contribution in [0.1, 0.15) is 35.7 Å². The highest BCUT2D eigenvalue weighted by molar-refractivity contribution is 8.01. The molecular weight excluding hydrogens is 509 g/mol. The van der Waals surface area contributed by atoms with Crippen LogP contribution in [0.3, 0.4) is 0 Å². The van der Waals surface area contributed by atoms with Gasteiger partial charge in [0.1, 0.15) is 0 Å². The lowest BCUT2D eigenvalue weighted by Gasteiger charge is -2.32. The van der Waals surface area contributed by atoms with Gasteiger partial charge in [-0.2, -0.15) is 0 Å². The number of hydrogen-bond donors (Lipinski definition) is 1. The molecule has 1 saturated heterocycles. The van der Waals surface area contributed by atoms with Gasteiger partial charge in [-0.3, -0.25) is 14.5 Å². The van der Waals surface area contributed by atoms with Gasteiger partial charge >= 0.3 is 0 Å². The van der Waals surface area contributed by atoms with Gasteiger partial charge in [0.15, 0.2) is 10.1 Å². The van der Waals surface area contributed by atoms with E-state index in [9.17, 15) is 9.59 Å². The van der Waals surface area contributed by atoms with E-state index in [1.54, 1.807) is 13.0 Å². The number of thiazole rings is 1. The fraction of sp³-hybridized carbons (Fsp3) is 0.320. The molecule has 2 heterocycles. The van der Waals surface area contributed by atoms with E-state index < -0.39 is 0 Å². The Balaban J connectivity index is 1.21. The molecule has 1 aliphatic rings. The van der Waals surface area contributed by atoms with E-state index in [2.05, 4.69) is 15.2 Å². The highest BCUT2D eigenvalue weighted by Crippen LogP contribution is 2.29. The van der Waals surface area contributed by atoms with Crippen molar-refractivity contribution in [1.82, 2.24) is 15.2 Å². The summed E-state index contributed by atoms with van der Waals surface area (Å²) in [6.07, 6.45) is 1.84. The minimum Gasteiger partial charge on any atom is -0.353 e. The number of nitrogens with one attached hydrogen (secondary N) is 1. The average molecular weight is 535 g/mol. The molecule has 0 bridgehead atoms. The fourth-order valence-electron chi connectivity index (χ4n) is 3.88. The summed E-state index contributed by atoms with van der Waals surface area (Å²) in [6, 6.07) is 13.4. The Morgan fingerprint density at radius 3 is 2.68 bits per heavy atom. The normalized spacial score (nSPS) is 14.8. The number of likely N-dealkylation sites (tertiary alicyclic amines) is 1. The number of nitrogens with zero attached hydrogens (tertiary/aromatic N) is 2. The van der Waals surface area contributed by atoms with E-state index in [-0.39, 0.29) is 17.7 Å². The molecule has 9 heteroatoms. The number of aromatic nitrogens is 1. The van der Waals surface area contributed by atoms with Gasteiger partial charge in [0.2, 0.25) is 5.91 Å². The van der Waals surface area contributed by atoms with Crippen LogP contribution < -0.4 is 5.32 Å². The fourth-order valence-corrected chi connectivity index (χ4v) is 5.85. The molecule has 1 fully saturated rings. The summed E-state index contributed by atoms with van der Waals surface area (Å²) < 4.78 is 0.842. The minimum absolute atomic E-state index is 0.0308. The summed E-state index contributed by atoms with van der Waals surface area (Å²) in [7, 11) is 0. The zero-order chi connectivity index (χ0) is 24.1. The Kier molecular flexibility index (Phi) is 8.66. The highest BCUT2D eigenvalue weighted by atomic mass is 35.5. The Morgan fingerprint density at radius 2 is 1.94 bits per heavy atom. The van der Waals surface area contributed by atoms with Gasteiger partial charge < -0.3 is 5.32 Å². The molecule has 1 aliphatic heterocycles. The average Bonchev–Trinajstić information content (AvgIpc) is 3.31. The third kappa shape index (κ3) is 6.83. The third-order valence-corrected chi connectivity index (χ3v) is 8.48. The minimum atomic E-state index is 0.0308. The maximum absolute atomic E-state index is 12.5. The first-order valence-electron chi connectivity index (χ1n) is 11.0. The lowest BCUT2D eigenvalue weighted by Crippen LogP contribution is -2.44. The summed E-state index contributed by atoms with van der Waals surface area (Å²) in [5.74, 6) is 0.399. The van der Waals surface area contributed by atoms with E-state index in [1.807, 2.05) is 41.8 Å². The first-order chi connectivity index (χ1) is 16.4. The van der Waals surface area contributed by atoms with E-state index >= 15 is 0 Å². The molecule has 1 aromatic heterocycles. The number of thioether (sulfide) groups is 1. The lowest BCUT2D eigenvalue weighted by atomic mass is 10.0. The number of halogens is 2. The van der Waals surface area contributed by atoms with Crippen molar-refractivity contribution in [2.24, 2.45) is 0 Å². The number of hydrogen-bond acceptors (Lipinski definition) is 6. The van der Waals surface area contributed by atoms with Crippen molar-refractivity contribution in [2.75, 3.05) is 18.8 Å². The zero-order valence-corrected chi connectivity index (χ0v) is 21.9. The predicted octanol–water partition coefficient (Wildman–Crippen LogP) is 6.19. The molecule has 5 nitrogen and oxygen atoms in total. The van der Waals surface area contributed by atoms with Crippen molar-refractivity contribution in [2.45, 2.75) is 36.7 Å². The summed E-state index contributed by atoms with van der Waals surface area (Å²) in [6.45, 7) is 4.23. The first kappa shape index (κ1) is 25.2. The summed E-state index contributed by atoms with van der Waals surface area (Å²) in [4.78, 5) is 31.1. The van der Waals surface area contributed by atoms with Gasteiger partial charge in [0.25, 0.3) is 0 Å². The molecule has 0 spiro atoms. The van der Waals surface area contributed by atoms with Crippen LogP contribution >= 0.6 is 46.3 Å². The van der Waals surface area contributed by atoms with Gasteiger partial charge in [0, 0.05) is 42.2 Å². The van der Waals surface area contributed by atoms with Crippen LogP contribution in [0, 0.1) is 0 Å². The van der Waals surface area contributed by atoms with Gasteiger partial charge in [-0.1, -0.05) is 59.2 Å². The smallest absolute Gasteiger partial charge is 0.230 e. The monoisotopic (exact) mass is 533 g/mol. The third-order valence-electron chi connectivity index (χ3n) is 5.72. The Bertz CT molecular complexity index is 1180. The quantitative estimate of drug-likeness (QED) is 0.276. The maximum Gasteiger partial charge on any atom is 0.230 e. The number of benzene rings is 2. The predicted molar refractivity (Wildman–Crippen MR) is 141 cm³/mol. The SMILES string of the molecule is CC(=O)c1cccc(-c2csc(SCC(=O)NC3CCN(Cc4ccc(Cl)c(Cl)c4)CC3)n2)c1. The van der Waals surface area contributed by atoms with E-state index in [4.69, 9.17) is 23.2 Å². The van der Waals surface area contributed by atoms with Gasteiger partial charge in [-0.15, -0.1) is 11.3 Å². The van der Waals surface area contributed by atoms with Gasteiger partial charge in [-0.05, 0) is 43.5 Å². The van der Waals surface area contributed by atoms with Crippen LogP contribution in [-0.4, -0.2) is 46.5 Å². The molecule has 1 amide bonds. The second-order valence-electron chi connectivity index (χ2n) is 8.29. The molecule has 0 saturated carbocycles. The van der Waals surface area contributed by atoms with Crippen molar-refractivity contribution in [3.63, 3.8) is 0 Å². The molecule has 4 rings (SSSR count). The second kappa shape index (κ2) is 11.7. The van der Waals surface area contributed by atoms with Gasteiger partial charge in [-0.25, -0.2) is 4.98 Å². The molecule has 3 aromatic rings. The Hall–Kier alpha value is -1.90. The maximum atomic E-state index is 12.5. The Labute approximate surface area is 217 Å². The van der Waals surface area contributed by atoms with Crippen molar-refractivity contribution < 1.29 is 9.59 Å². The number of carbonyl (C=O) groups excluding carboxylic acids is 2. The van der Waals surface area contributed by atoms with Crippen LogP contribution in [-0.2, 0) is 11.3 Å². The number of carbonyl (C=O) groups is 2. The summed E-state index contributed by atoms with van der Waals surface area (Å²) >= 11 is 15.1. The van der Waals surface area contributed by atoms with Gasteiger partial charge in [0.05, 0.1) is 21.5 Å². The molecule has 0 aliphatic carbocycles. The van der Waals surface area contributed by atoms with Crippen LogP contribution in [0.25, 0.3) is 11.3 Å². The van der Waals surface area contributed by atoms with E-state index in [1.165, 1.54) is 23.1 Å². The molecular formula is C25H25Cl2N3O2S2.